The van der Waals surface area contributed by atoms with Crippen LogP contribution in [0.2, 0.25) is 0 Å². The molecule has 0 aliphatic rings. The lowest BCUT2D eigenvalue weighted by Gasteiger charge is -2.17. The van der Waals surface area contributed by atoms with Gasteiger partial charge in [0.2, 0.25) is 0 Å². The Balaban J connectivity index is 2.36. The van der Waals surface area contributed by atoms with E-state index in [2.05, 4.69) is 37.9 Å². The smallest absolute Gasteiger partial charge is 0.335 e. The van der Waals surface area contributed by atoms with Gasteiger partial charge in [-0.2, -0.15) is 10.2 Å². The molecule has 3 N–H and O–H groups in total. The molecule has 0 fully saturated rings. The third-order valence-electron chi connectivity index (χ3n) is 3.87. The molecule has 2 aromatic rings. The first-order valence-electron chi connectivity index (χ1n) is 7.98. The van der Waals surface area contributed by atoms with Crippen LogP contribution in [0.4, 0.5) is 17.1 Å². The first-order valence-corrected chi connectivity index (χ1v) is 7.98. The average Bonchev–Trinajstić information content (AvgIpc) is 2.53. The molecule has 0 aromatic heterocycles. The average molecular weight is 325 g/mol. The molecule has 5 nitrogen and oxygen atoms in total. The Labute approximate surface area is 142 Å². The number of carboxylic acids is 1. The van der Waals surface area contributed by atoms with Crippen LogP contribution < -0.4 is 5.73 Å². The van der Waals surface area contributed by atoms with Crippen LogP contribution in [0.25, 0.3) is 0 Å². The predicted octanol–water partition coefficient (Wildman–Crippen LogP) is 5.63. The van der Waals surface area contributed by atoms with Crippen molar-refractivity contribution < 1.29 is 9.90 Å². The summed E-state index contributed by atoms with van der Waals surface area (Å²) in [6.45, 7) is 8.39. The summed E-state index contributed by atoms with van der Waals surface area (Å²) in [6.07, 6.45) is 0. The summed E-state index contributed by atoms with van der Waals surface area (Å²) in [5.41, 5.74) is 10.8. The second kappa shape index (κ2) is 7.25. The summed E-state index contributed by atoms with van der Waals surface area (Å²) in [5.74, 6) is -0.361. The number of carboxylic acid groups (broad SMARTS) is 1. The number of rotatable bonds is 5. The molecule has 0 unspecified atom stereocenters. The molecule has 126 valence electrons. The molecule has 0 aliphatic heterocycles. The van der Waals surface area contributed by atoms with Gasteiger partial charge in [0, 0.05) is 5.69 Å². The number of anilines is 1. The topological polar surface area (TPSA) is 88.0 Å². The zero-order valence-electron chi connectivity index (χ0n) is 14.4. The fourth-order valence-electron chi connectivity index (χ4n) is 2.48. The van der Waals surface area contributed by atoms with E-state index in [1.807, 2.05) is 12.1 Å². The van der Waals surface area contributed by atoms with E-state index in [9.17, 15) is 4.79 Å². The largest absolute Gasteiger partial charge is 0.478 e. The van der Waals surface area contributed by atoms with Crippen molar-refractivity contribution in [2.45, 2.75) is 39.5 Å². The third kappa shape index (κ3) is 3.98. The van der Waals surface area contributed by atoms with Gasteiger partial charge in [0.05, 0.1) is 16.9 Å². The number of aromatic carboxylic acids is 1. The lowest BCUT2D eigenvalue weighted by molar-refractivity contribution is 0.0697. The van der Waals surface area contributed by atoms with E-state index >= 15 is 0 Å². The molecular weight excluding hydrogens is 302 g/mol. The number of azo groups is 1. The van der Waals surface area contributed by atoms with Crippen LogP contribution in [0.5, 0.6) is 0 Å². The molecule has 0 saturated carbocycles. The van der Waals surface area contributed by atoms with Crippen molar-refractivity contribution >= 4 is 23.0 Å². The standard InChI is InChI=1S/C19H23N3O2/c1-11(2)16-9-15(10-17(12(3)4)18(16)20)22-21-14-7-5-13(6-8-14)19(23)24/h5-12H,20H2,1-4H3,(H,23,24). The van der Waals surface area contributed by atoms with E-state index in [1.165, 1.54) is 12.1 Å². The predicted molar refractivity (Wildman–Crippen MR) is 96.6 cm³/mol. The molecule has 0 heterocycles. The Kier molecular flexibility index (Phi) is 5.34. The second-order valence-electron chi connectivity index (χ2n) is 6.40. The molecule has 24 heavy (non-hydrogen) atoms. The fraction of sp³-hybridized carbons (Fsp3) is 0.316. The van der Waals surface area contributed by atoms with Crippen LogP contribution in [-0.4, -0.2) is 11.1 Å². The molecule has 2 aromatic carbocycles. The molecule has 0 amide bonds. The van der Waals surface area contributed by atoms with Crippen LogP contribution in [-0.2, 0) is 0 Å². The summed E-state index contributed by atoms with van der Waals surface area (Å²) in [5, 5.41) is 17.4. The normalized spacial score (nSPS) is 11.6. The number of nitrogens with two attached hydrogens (primary N) is 1. The molecule has 0 spiro atoms. The van der Waals surface area contributed by atoms with E-state index in [0.29, 0.717) is 17.5 Å². The summed E-state index contributed by atoms with van der Waals surface area (Å²) in [7, 11) is 0. The zero-order chi connectivity index (χ0) is 17.9. The number of hydrogen-bond donors (Lipinski definition) is 2. The Hall–Kier alpha value is -2.69. The lowest BCUT2D eigenvalue weighted by atomic mass is 9.92. The number of nitrogen functional groups attached to an aromatic ring is 1. The van der Waals surface area contributed by atoms with Crippen molar-refractivity contribution in [3.05, 3.63) is 53.1 Å². The van der Waals surface area contributed by atoms with Crippen LogP contribution >= 0.6 is 0 Å². The van der Waals surface area contributed by atoms with Gasteiger partial charge < -0.3 is 10.8 Å². The number of nitrogens with zero attached hydrogens (tertiary/aromatic N) is 2. The number of hydrogen-bond acceptors (Lipinski definition) is 4. The van der Waals surface area contributed by atoms with Gasteiger partial charge in [-0.3, -0.25) is 0 Å². The highest BCUT2D eigenvalue weighted by molar-refractivity contribution is 5.87. The minimum Gasteiger partial charge on any atom is -0.478 e. The fourth-order valence-corrected chi connectivity index (χ4v) is 2.48. The van der Waals surface area contributed by atoms with Gasteiger partial charge in [0.15, 0.2) is 0 Å². The Morgan fingerprint density at radius 2 is 1.38 bits per heavy atom. The molecule has 2 rings (SSSR count). The van der Waals surface area contributed by atoms with Crippen molar-refractivity contribution in [3.8, 4) is 0 Å². The summed E-state index contributed by atoms with van der Waals surface area (Å²) in [6, 6.07) is 10.2. The highest BCUT2D eigenvalue weighted by Crippen LogP contribution is 2.34. The van der Waals surface area contributed by atoms with Gasteiger partial charge >= 0.3 is 5.97 Å². The zero-order valence-corrected chi connectivity index (χ0v) is 14.4. The lowest BCUT2D eigenvalue weighted by Crippen LogP contribution is -2.02. The van der Waals surface area contributed by atoms with Crippen LogP contribution in [0.15, 0.2) is 46.6 Å². The van der Waals surface area contributed by atoms with Gasteiger partial charge in [-0.1, -0.05) is 27.7 Å². The first-order chi connectivity index (χ1) is 11.3. The maximum Gasteiger partial charge on any atom is 0.335 e. The summed E-state index contributed by atoms with van der Waals surface area (Å²) < 4.78 is 0. The minimum atomic E-state index is -0.958. The van der Waals surface area contributed by atoms with E-state index in [0.717, 1.165) is 22.5 Å². The summed E-state index contributed by atoms with van der Waals surface area (Å²) >= 11 is 0. The van der Waals surface area contributed by atoms with Crippen LogP contribution in [0.3, 0.4) is 0 Å². The molecule has 0 radical (unpaired) electrons. The van der Waals surface area contributed by atoms with E-state index < -0.39 is 5.97 Å². The van der Waals surface area contributed by atoms with E-state index in [1.54, 1.807) is 12.1 Å². The van der Waals surface area contributed by atoms with E-state index in [-0.39, 0.29) is 5.56 Å². The van der Waals surface area contributed by atoms with Crippen LogP contribution in [0.1, 0.15) is 61.0 Å². The molecule has 0 saturated heterocycles. The molecule has 0 atom stereocenters. The first kappa shape index (κ1) is 17.7. The summed E-state index contributed by atoms with van der Waals surface area (Å²) in [4.78, 5) is 10.9. The third-order valence-corrected chi connectivity index (χ3v) is 3.87. The van der Waals surface area contributed by atoms with Gasteiger partial charge in [-0.15, -0.1) is 0 Å². The van der Waals surface area contributed by atoms with Crippen molar-refractivity contribution in [2.24, 2.45) is 10.2 Å². The maximum atomic E-state index is 10.9. The SMILES string of the molecule is CC(C)c1cc(N=Nc2ccc(C(=O)O)cc2)cc(C(C)C)c1N. The quantitative estimate of drug-likeness (QED) is 0.551. The van der Waals surface area contributed by atoms with Gasteiger partial charge in [0.1, 0.15) is 0 Å². The van der Waals surface area contributed by atoms with Crippen molar-refractivity contribution in [2.75, 3.05) is 5.73 Å². The molecule has 0 aliphatic carbocycles. The molecular formula is C19H23N3O2. The maximum absolute atomic E-state index is 10.9. The Morgan fingerprint density at radius 1 is 0.917 bits per heavy atom. The van der Waals surface area contributed by atoms with Crippen molar-refractivity contribution in [3.63, 3.8) is 0 Å². The Morgan fingerprint density at radius 3 is 1.79 bits per heavy atom. The highest BCUT2D eigenvalue weighted by atomic mass is 16.4. The van der Waals surface area contributed by atoms with Gasteiger partial charge in [-0.05, 0) is 59.4 Å². The highest BCUT2D eigenvalue weighted by Gasteiger charge is 2.13. The van der Waals surface area contributed by atoms with Crippen molar-refractivity contribution in [1.82, 2.24) is 0 Å². The minimum absolute atomic E-state index is 0.227. The van der Waals surface area contributed by atoms with Gasteiger partial charge in [-0.25, -0.2) is 4.79 Å². The Bertz CT molecular complexity index is 734. The monoisotopic (exact) mass is 325 g/mol. The van der Waals surface area contributed by atoms with Crippen LogP contribution in [0, 0.1) is 0 Å². The molecule has 0 bridgehead atoms. The van der Waals surface area contributed by atoms with Gasteiger partial charge in [0.25, 0.3) is 0 Å². The number of carbonyl (C=O) groups is 1. The van der Waals surface area contributed by atoms with E-state index in [4.69, 9.17) is 10.8 Å². The van der Waals surface area contributed by atoms with Crippen molar-refractivity contribution in [1.29, 1.82) is 0 Å². The second-order valence-corrected chi connectivity index (χ2v) is 6.40. The number of benzene rings is 2. The molecule has 5 heteroatoms.